The smallest absolute Gasteiger partial charge is 0.128 e. The highest BCUT2D eigenvalue weighted by molar-refractivity contribution is 9.10. The number of benzene rings is 1. The average molecular weight is 318 g/mol. The summed E-state index contributed by atoms with van der Waals surface area (Å²) in [5, 5.41) is 3.32. The molecule has 0 bridgehead atoms. The van der Waals surface area contributed by atoms with Gasteiger partial charge in [-0.15, -0.1) is 0 Å². The van der Waals surface area contributed by atoms with Gasteiger partial charge in [0.05, 0.1) is 11.6 Å². The van der Waals surface area contributed by atoms with E-state index in [1.54, 1.807) is 13.2 Å². The van der Waals surface area contributed by atoms with E-state index in [1.165, 1.54) is 6.07 Å². The molecule has 2 atom stereocenters. The predicted octanol–water partition coefficient (Wildman–Crippen LogP) is 4.05. The molecule has 0 heterocycles. The van der Waals surface area contributed by atoms with Crippen molar-refractivity contribution in [1.82, 2.24) is 5.32 Å². The van der Waals surface area contributed by atoms with Gasteiger partial charge >= 0.3 is 0 Å². The van der Waals surface area contributed by atoms with E-state index in [0.29, 0.717) is 5.56 Å². The van der Waals surface area contributed by atoms with E-state index < -0.39 is 5.60 Å². The molecular weight excluding hydrogens is 297 g/mol. The molecule has 2 unspecified atom stereocenters. The van der Waals surface area contributed by atoms with Crippen LogP contribution in [0, 0.1) is 5.82 Å². The van der Waals surface area contributed by atoms with E-state index in [2.05, 4.69) is 21.2 Å². The monoisotopic (exact) mass is 317 g/mol. The third-order valence-electron chi connectivity index (χ3n) is 3.46. The van der Waals surface area contributed by atoms with E-state index in [0.717, 1.165) is 17.4 Å². The second-order valence-electron chi connectivity index (χ2n) is 4.53. The number of methoxy groups -OCH3 is 1. The van der Waals surface area contributed by atoms with Crippen LogP contribution in [0.4, 0.5) is 4.39 Å². The lowest BCUT2D eigenvalue weighted by atomic mass is 9.87. The topological polar surface area (TPSA) is 21.3 Å². The molecule has 1 N–H and O–H groups in total. The van der Waals surface area contributed by atoms with Crippen molar-refractivity contribution < 1.29 is 9.13 Å². The van der Waals surface area contributed by atoms with E-state index in [4.69, 9.17) is 4.74 Å². The van der Waals surface area contributed by atoms with Gasteiger partial charge in [0.15, 0.2) is 0 Å². The molecule has 1 aromatic rings. The van der Waals surface area contributed by atoms with Gasteiger partial charge < -0.3 is 10.1 Å². The van der Waals surface area contributed by atoms with Gasteiger partial charge in [-0.25, -0.2) is 4.39 Å². The molecule has 2 nitrogen and oxygen atoms in total. The van der Waals surface area contributed by atoms with Crippen LogP contribution < -0.4 is 5.32 Å². The predicted molar refractivity (Wildman–Crippen MR) is 76.2 cm³/mol. The summed E-state index contributed by atoms with van der Waals surface area (Å²) in [6, 6.07) is 4.83. The van der Waals surface area contributed by atoms with Crippen LogP contribution in [0.3, 0.4) is 0 Å². The molecule has 1 aromatic carbocycles. The third-order valence-corrected chi connectivity index (χ3v) is 3.95. The van der Waals surface area contributed by atoms with Gasteiger partial charge in [-0.1, -0.05) is 29.8 Å². The Hall–Kier alpha value is -0.450. The van der Waals surface area contributed by atoms with Crippen LogP contribution in [0.25, 0.3) is 0 Å². The lowest BCUT2D eigenvalue weighted by Crippen LogP contribution is -2.43. The minimum atomic E-state index is -0.433. The second-order valence-corrected chi connectivity index (χ2v) is 5.44. The van der Waals surface area contributed by atoms with Crippen LogP contribution in [0.5, 0.6) is 0 Å². The molecule has 0 radical (unpaired) electrons. The van der Waals surface area contributed by atoms with Crippen molar-refractivity contribution in [2.45, 2.75) is 38.8 Å². The van der Waals surface area contributed by atoms with Crippen LogP contribution >= 0.6 is 15.9 Å². The zero-order valence-electron chi connectivity index (χ0n) is 11.4. The molecule has 102 valence electrons. The van der Waals surface area contributed by atoms with Crippen molar-refractivity contribution in [3.05, 3.63) is 34.1 Å². The summed E-state index contributed by atoms with van der Waals surface area (Å²) in [5.41, 5.74) is 0.204. The quantitative estimate of drug-likeness (QED) is 0.854. The number of nitrogens with one attached hydrogen (secondary N) is 1. The molecule has 0 fully saturated rings. The van der Waals surface area contributed by atoms with Crippen LogP contribution in [-0.2, 0) is 4.74 Å². The molecule has 0 aliphatic rings. The number of ether oxygens (including phenoxy) is 1. The maximum atomic E-state index is 14.0. The fourth-order valence-electron chi connectivity index (χ4n) is 2.06. The Morgan fingerprint density at radius 2 is 2.11 bits per heavy atom. The first kappa shape index (κ1) is 15.6. The fraction of sp³-hybridized carbons (Fsp3) is 0.571. The van der Waals surface area contributed by atoms with Crippen molar-refractivity contribution in [1.29, 1.82) is 0 Å². The van der Waals surface area contributed by atoms with E-state index in [1.807, 2.05) is 26.8 Å². The van der Waals surface area contributed by atoms with E-state index in [9.17, 15) is 4.39 Å². The van der Waals surface area contributed by atoms with Gasteiger partial charge in [-0.2, -0.15) is 0 Å². The molecule has 0 aromatic heterocycles. The Morgan fingerprint density at radius 3 is 2.61 bits per heavy atom. The normalized spacial score (nSPS) is 16.3. The van der Waals surface area contributed by atoms with Crippen molar-refractivity contribution in [2.75, 3.05) is 13.7 Å². The molecule has 4 heteroatoms. The Bertz CT molecular complexity index is 393. The fourth-order valence-corrected chi connectivity index (χ4v) is 2.44. The van der Waals surface area contributed by atoms with Crippen molar-refractivity contribution in [3.63, 3.8) is 0 Å². The van der Waals surface area contributed by atoms with Gasteiger partial charge in [0.25, 0.3) is 0 Å². The van der Waals surface area contributed by atoms with Crippen LogP contribution in [-0.4, -0.2) is 19.3 Å². The highest BCUT2D eigenvalue weighted by Gasteiger charge is 2.34. The first-order valence-electron chi connectivity index (χ1n) is 6.22. The summed E-state index contributed by atoms with van der Waals surface area (Å²) in [4.78, 5) is 0. The Labute approximate surface area is 117 Å². The van der Waals surface area contributed by atoms with Gasteiger partial charge in [-0.3, -0.25) is 0 Å². The van der Waals surface area contributed by atoms with Gasteiger partial charge in [0.2, 0.25) is 0 Å². The standard InChI is InChI=1S/C14H21BrFNO/c1-5-14(3,18-4)13(17-6-2)11-9-10(15)7-8-12(11)16/h7-9,13,17H,5-6H2,1-4H3. The van der Waals surface area contributed by atoms with Crippen LogP contribution in [0.15, 0.2) is 22.7 Å². The Morgan fingerprint density at radius 1 is 1.44 bits per heavy atom. The second kappa shape index (κ2) is 6.64. The summed E-state index contributed by atoms with van der Waals surface area (Å²) < 4.78 is 20.5. The lowest BCUT2D eigenvalue weighted by Gasteiger charge is -2.36. The summed E-state index contributed by atoms with van der Waals surface area (Å²) in [6.45, 7) is 6.81. The van der Waals surface area contributed by atoms with E-state index in [-0.39, 0.29) is 11.9 Å². The number of halogens is 2. The summed E-state index contributed by atoms with van der Waals surface area (Å²) >= 11 is 3.39. The summed E-state index contributed by atoms with van der Waals surface area (Å²) in [5.74, 6) is -0.208. The highest BCUT2D eigenvalue weighted by Crippen LogP contribution is 2.34. The highest BCUT2D eigenvalue weighted by atomic mass is 79.9. The maximum absolute atomic E-state index is 14.0. The minimum absolute atomic E-state index is 0.171. The summed E-state index contributed by atoms with van der Waals surface area (Å²) in [6.07, 6.45) is 0.799. The molecular formula is C14H21BrFNO. The zero-order valence-corrected chi connectivity index (χ0v) is 13.0. The van der Waals surface area contributed by atoms with Gasteiger partial charge in [-0.05, 0) is 38.1 Å². The summed E-state index contributed by atoms with van der Waals surface area (Å²) in [7, 11) is 1.67. The third kappa shape index (κ3) is 3.31. The van der Waals surface area contributed by atoms with Crippen LogP contribution in [0.2, 0.25) is 0 Å². The SMILES string of the molecule is CCNC(c1cc(Br)ccc1F)C(C)(CC)OC. The lowest BCUT2D eigenvalue weighted by molar-refractivity contribution is -0.0304. The van der Waals surface area contributed by atoms with Crippen molar-refractivity contribution in [2.24, 2.45) is 0 Å². The molecule has 0 amide bonds. The van der Waals surface area contributed by atoms with Crippen molar-refractivity contribution >= 4 is 15.9 Å². The maximum Gasteiger partial charge on any atom is 0.128 e. The molecule has 0 aliphatic heterocycles. The Kier molecular flexibility index (Phi) is 5.76. The average Bonchev–Trinajstić information content (AvgIpc) is 2.38. The Balaban J connectivity index is 3.22. The molecule has 1 rings (SSSR count). The van der Waals surface area contributed by atoms with E-state index >= 15 is 0 Å². The minimum Gasteiger partial charge on any atom is -0.377 e. The first-order valence-corrected chi connectivity index (χ1v) is 7.01. The van der Waals surface area contributed by atoms with Crippen LogP contribution in [0.1, 0.15) is 38.8 Å². The zero-order chi connectivity index (χ0) is 13.8. The van der Waals surface area contributed by atoms with Gasteiger partial charge in [0, 0.05) is 17.1 Å². The molecule has 0 aliphatic carbocycles. The number of likely N-dealkylation sites (N-methyl/N-ethyl adjacent to an activating group) is 1. The van der Waals surface area contributed by atoms with Crippen molar-refractivity contribution in [3.8, 4) is 0 Å². The molecule has 18 heavy (non-hydrogen) atoms. The molecule has 0 spiro atoms. The molecule has 0 saturated carbocycles. The molecule has 0 saturated heterocycles. The number of rotatable bonds is 6. The largest absolute Gasteiger partial charge is 0.377 e. The first-order chi connectivity index (χ1) is 8.48. The number of hydrogen-bond acceptors (Lipinski definition) is 2. The van der Waals surface area contributed by atoms with Gasteiger partial charge in [0.1, 0.15) is 5.82 Å². The number of hydrogen-bond donors (Lipinski definition) is 1.